The number of nitrogens with one attached hydrogen (secondary N) is 2. The highest BCUT2D eigenvalue weighted by Gasteiger charge is 2.26. The van der Waals surface area contributed by atoms with Gasteiger partial charge in [0.25, 0.3) is 5.91 Å². The Balaban J connectivity index is 1.70. The maximum absolute atomic E-state index is 12.8. The Labute approximate surface area is 186 Å². The predicted octanol–water partition coefficient (Wildman–Crippen LogP) is 3.43. The molecule has 0 fully saturated rings. The largest absolute Gasteiger partial charge is 0.497 e. The molecular formula is C24H27N3O5. The summed E-state index contributed by atoms with van der Waals surface area (Å²) < 4.78 is 15.9. The number of carbonyl (C=O) groups is 2. The lowest BCUT2D eigenvalue weighted by Gasteiger charge is -2.21. The Morgan fingerprint density at radius 3 is 2.44 bits per heavy atom. The first-order chi connectivity index (χ1) is 15.4. The van der Waals surface area contributed by atoms with Gasteiger partial charge in [0, 0.05) is 18.7 Å². The lowest BCUT2D eigenvalue weighted by molar-refractivity contribution is -0.124. The fourth-order valence-electron chi connectivity index (χ4n) is 3.16. The zero-order valence-corrected chi connectivity index (χ0v) is 18.5. The summed E-state index contributed by atoms with van der Waals surface area (Å²) in [4.78, 5) is 25.5. The van der Waals surface area contributed by atoms with Crippen molar-refractivity contribution < 1.29 is 23.6 Å². The molecule has 168 valence electrons. The summed E-state index contributed by atoms with van der Waals surface area (Å²) in [6, 6.07) is 15.6. The molecule has 1 atom stereocenters. The Hall–Kier alpha value is -3.81. The molecule has 1 heterocycles. The van der Waals surface area contributed by atoms with Gasteiger partial charge < -0.3 is 24.6 Å². The Morgan fingerprint density at radius 1 is 1.03 bits per heavy atom. The van der Waals surface area contributed by atoms with Gasteiger partial charge in [-0.25, -0.2) is 0 Å². The number of aromatic nitrogens is 1. The number of hydrogen-bond acceptors (Lipinski definition) is 6. The molecule has 1 aromatic heterocycles. The van der Waals surface area contributed by atoms with E-state index in [1.54, 1.807) is 25.3 Å². The van der Waals surface area contributed by atoms with Gasteiger partial charge in [-0.2, -0.15) is 0 Å². The van der Waals surface area contributed by atoms with Gasteiger partial charge >= 0.3 is 0 Å². The lowest BCUT2D eigenvalue weighted by Crippen LogP contribution is -2.49. The number of benzene rings is 2. The van der Waals surface area contributed by atoms with Crippen LogP contribution in [0.1, 0.15) is 29.9 Å². The molecule has 2 aromatic carbocycles. The third kappa shape index (κ3) is 5.46. The van der Waals surface area contributed by atoms with Gasteiger partial charge in [-0.05, 0) is 23.6 Å². The third-order valence-corrected chi connectivity index (χ3v) is 4.96. The number of carbonyl (C=O) groups excluding carboxylic acids is 2. The van der Waals surface area contributed by atoms with Crippen LogP contribution in [0.3, 0.4) is 0 Å². The van der Waals surface area contributed by atoms with Crippen LogP contribution in [0.4, 0.5) is 0 Å². The first-order valence-electron chi connectivity index (χ1n) is 10.2. The monoisotopic (exact) mass is 437 g/mol. The number of rotatable bonds is 9. The number of hydrogen-bond donors (Lipinski definition) is 2. The summed E-state index contributed by atoms with van der Waals surface area (Å²) in [5, 5.41) is 9.49. The second kappa shape index (κ2) is 10.5. The van der Waals surface area contributed by atoms with E-state index in [-0.39, 0.29) is 17.5 Å². The highest BCUT2D eigenvalue weighted by atomic mass is 16.5. The van der Waals surface area contributed by atoms with Crippen LogP contribution >= 0.6 is 0 Å². The fourth-order valence-corrected chi connectivity index (χ4v) is 3.16. The average Bonchev–Trinajstić information content (AvgIpc) is 3.31. The second-order valence-corrected chi connectivity index (χ2v) is 7.54. The van der Waals surface area contributed by atoms with Crippen LogP contribution in [0.2, 0.25) is 0 Å². The number of nitrogens with zero attached hydrogens (tertiary/aromatic N) is 1. The van der Waals surface area contributed by atoms with Crippen LogP contribution in [0.5, 0.6) is 11.5 Å². The minimum Gasteiger partial charge on any atom is -0.497 e. The van der Waals surface area contributed by atoms with Gasteiger partial charge in [0.05, 0.1) is 19.8 Å². The molecule has 0 radical (unpaired) electrons. The van der Waals surface area contributed by atoms with Crippen LogP contribution < -0.4 is 20.1 Å². The molecule has 3 aromatic rings. The van der Waals surface area contributed by atoms with E-state index in [1.165, 1.54) is 13.2 Å². The summed E-state index contributed by atoms with van der Waals surface area (Å²) in [5.74, 6) is 0.628. The first-order valence-corrected chi connectivity index (χ1v) is 10.2. The van der Waals surface area contributed by atoms with Crippen molar-refractivity contribution >= 4 is 11.8 Å². The van der Waals surface area contributed by atoms with Crippen LogP contribution in [-0.4, -0.2) is 37.2 Å². The van der Waals surface area contributed by atoms with Gasteiger partial charge in [0.15, 0.2) is 11.5 Å². The third-order valence-electron chi connectivity index (χ3n) is 4.96. The van der Waals surface area contributed by atoms with Crippen molar-refractivity contribution in [2.24, 2.45) is 5.92 Å². The maximum Gasteiger partial charge on any atom is 0.274 e. The summed E-state index contributed by atoms with van der Waals surface area (Å²) in [5.41, 5.74) is 1.67. The molecular weight excluding hydrogens is 410 g/mol. The molecule has 0 bridgehead atoms. The fraction of sp³-hybridized carbons (Fsp3) is 0.292. The molecule has 2 N–H and O–H groups in total. The molecule has 0 spiro atoms. The molecule has 0 unspecified atom stereocenters. The lowest BCUT2D eigenvalue weighted by atomic mass is 10.0. The van der Waals surface area contributed by atoms with Gasteiger partial charge in [0.1, 0.15) is 17.5 Å². The predicted molar refractivity (Wildman–Crippen MR) is 119 cm³/mol. The van der Waals surface area contributed by atoms with E-state index < -0.39 is 11.9 Å². The van der Waals surface area contributed by atoms with Gasteiger partial charge in [-0.1, -0.05) is 49.3 Å². The average molecular weight is 437 g/mol. The van der Waals surface area contributed by atoms with Gasteiger partial charge in [0.2, 0.25) is 5.91 Å². The Bertz CT molecular complexity index is 1060. The molecule has 8 heteroatoms. The number of methoxy groups -OCH3 is 2. The van der Waals surface area contributed by atoms with Crippen LogP contribution in [0, 0.1) is 5.92 Å². The number of ether oxygens (including phenoxy) is 2. The van der Waals surface area contributed by atoms with Crippen LogP contribution in [0.15, 0.2) is 59.1 Å². The van der Waals surface area contributed by atoms with Crippen molar-refractivity contribution in [1.82, 2.24) is 15.8 Å². The normalized spacial score (nSPS) is 11.7. The summed E-state index contributed by atoms with van der Waals surface area (Å²) in [7, 11) is 3.09. The molecule has 0 saturated carbocycles. The molecule has 2 amide bonds. The van der Waals surface area contributed by atoms with E-state index >= 15 is 0 Å². The van der Waals surface area contributed by atoms with Crippen molar-refractivity contribution in [3.05, 3.63) is 65.9 Å². The van der Waals surface area contributed by atoms with E-state index in [9.17, 15) is 9.59 Å². The molecule has 0 saturated heterocycles. The Morgan fingerprint density at radius 2 is 1.78 bits per heavy atom. The standard InChI is InChI=1S/C24H27N3O5/c1-15(2)22(24(29)25-14-16-8-6-5-7-9-16)26-23(28)19-13-21(32-27-19)18-11-10-17(30-3)12-20(18)31-4/h5-13,15,22H,14H2,1-4H3,(H,25,29)(H,26,28)/t22-/m0/s1. The van der Waals surface area contributed by atoms with E-state index in [0.29, 0.717) is 29.4 Å². The Kier molecular flexibility index (Phi) is 7.49. The van der Waals surface area contributed by atoms with Crippen LogP contribution in [-0.2, 0) is 11.3 Å². The molecule has 0 aliphatic heterocycles. The highest BCUT2D eigenvalue weighted by Crippen LogP contribution is 2.33. The zero-order valence-electron chi connectivity index (χ0n) is 18.5. The molecule has 0 aliphatic carbocycles. The van der Waals surface area contributed by atoms with E-state index in [2.05, 4.69) is 15.8 Å². The molecule has 0 aliphatic rings. The quantitative estimate of drug-likeness (QED) is 0.532. The smallest absolute Gasteiger partial charge is 0.274 e. The second-order valence-electron chi connectivity index (χ2n) is 7.54. The number of amides is 2. The van der Waals surface area contributed by atoms with Crippen molar-refractivity contribution in [2.45, 2.75) is 26.4 Å². The highest BCUT2D eigenvalue weighted by molar-refractivity contribution is 5.96. The summed E-state index contributed by atoms with van der Waals surface area (Å²) in [6.45, 7) is 4.11. The molecule has 3 rings (SSSR count). The molecule has 32 heavy (non-hydrogen) atoms. The van der Waals surface area contributed by atoms with Crippen LogP contribution in [0.25, 0.3) is 11.3 Å². The van der Waals surface area contributed by atoms with Crippen molar-refractivity contribution in [1.29, 1.82) is 0 Å². The zero-order chi connectivity index (χ0) is 23.1. The van der Waals surface area contributed by atoms with E-state index in [1.807, 2.05) is 44.2 Å². The minimum absolute atomic E-state index is 0.0689. The van der Waals surface area contributed by atoms with Crippen molar-refractivity contribution in [2.75, 3.05) is 14.2 Å². The maximum atomic E-state index is 12.8. The van der Waals surface area contributed by atoms with Crippen molar-refractivity contribution in [3.63, 3.8) is 0 Å². The first kappa shape index (κ1) is 22.9. The minimum atomic E-state index is -0.720. The van der Waals surface area contributed by atoms with E-state index in [4.69, 9.17) is 14.0 Å². The molecule has 8 nitrogen and oxygen atoms in total. The van der Waals surface area contributed by atoms with Gasteiger partial charge in [-0.3, -0.25) is 9.59 Å². The van der Waals surface area contributed by atoms with E-state index in [0.717, 1.165) is 5.56 Å². The van der Waals surface area contributed by atoms with Crippen molar-refractivity contribution in [3.8, 4) is 22.8 Å². The summed E-state index contributed by atoms with van der Waals surface area (Å²) >= 11 is 0. The van der Waals surface area contributed by atoms with Gasteiger partial charge in [-0.15, -0.1) is 0 Å². The topological polar surface area (TPSA) is 103 Å². The SMILES string of the molecule is COc1ccc(-c2cc(C(=O)N[C@H](C(=O)NCc3ccccc3)C(C)C)no2)c(OC)c1. The summed E-state index contributed by atoms with van der Waals surface area (Å²) in [6.07, 6.45) is 0.